The lowest BCUT2D eigenvalue weighted by Gasteiger charge is -2.21. The molecule has 1 amide bonds. The summed E-state index contributed by atoms with van der Waals surface area (Å²) in [5.41, 5.74) is 5.77. The van der Waals surface area contributed by atoms with Crippen LogP contribution in [0.15, 0.2) is 42.5 Å². The van der Waals surface area contributed by atoms with Gasteiger partial charge in [0.25, 0.3) is 0 Å². The second-order valence-corrected chi connectivity index (χ2v) is 7.63. The molecule has 0 bridgehead atoms. The largest absolute Gasteiger partial charge is 0.373 e. The van der Waals surface area contributed by atoms with E-state index in [0.29, 0.717) is 13.1 Å². The molecular weight excluding hydrogens is 336 g/mol. The van der Waals surface area contributed by atoms with Crippen molar-refractivity contribution in [1.29, 1.82) is 0 Å². The van der Waals surface area contributed by atoms with E-state index in [0.717, 1.165) is 30.5 Å². The molecule has 1 aliphatic heterocycles. The lowest BCUT2D eigenvalue weighted by atomic mass is 10.0. The molecule has 0 atom stereocenters. The summed E-state index contributed by atoms with van der Waals surface area (Å²) in [4.78, 5) is 29.4. The minimum absolute atomic E-state index is 0.0645. The number of likely N-dealkylation sites (N-methyl/N-ethyl adjacent to an activating group) is 1. The number of benzene rings is 2. The molecule has 2 aromatic rings. The fraction of sp³-hybridized carbons (Fsp3) is 0.391. The highest BCUT2D eigenvalue weighted by atomic mass is 16.2. The second kappa shape index (κ2) is 7.55. The number of aryl methyl sites for hydroxylation is 2. The number of fused-ring (bicyclic) bond motifs is 2. The Balaban J connectivity index is 1.39. The number of anilines is 1. The first-order chi connectivity index (χ1) is 13.1. The summed E-state index contributed by atoms with van der Waals surface area (Å²) in [6, 6.07) is 14.3. The van der Waals surface area contributed by atoms with Crippen molar-refractivity contribution in [3.8, 4) is 0 Å². The van der Waals surface area contributed by atoms with Crippen molar-refractivity contribution in [2.45, 2.75) is 38.6 Å². The molecule has 0 N–H and O–H groups in total. The number of ketones is 1. The van der Waals surface area contributed by atoms with E-state index in [1.807, 2.05) is 29.2 Å². The predicted octanol–water partition coefficient (Wildman–Crippen LogP) is 3.62. The van der Waals surface area contributed by atoms with E-state index in [9.17, 15) is 9.59 Å². The molecule has 0 saturated heterocycles. The molecule has 4 heteroatoms. The van der Waals surface area contributed by atoms with Crippen LogP contribution in [0.1, 0.15) is 46.3 Å². The summed E-state index contributed by atoms with van der Waals surface area (Å²) in [6.45, 7) is 2.12. The zero-order valence-electron chi connectivity index (χ0n) is 15.9. The number of Topliss-reactive ketones (excluding diaryl/α,β-unsaturated/α-hetero) is 1. The Kier molecular flexibility index (Phi) is 4.97. The van der Waals surface area contributed by atoms with Crippen LogP contribution in [-0.2, 0) is 24.2 Å². The molecule has 0 saturated carbocycles. The van der Waals surface area contributed by atoms with Crippen LogP contribution in [0.4, 0.5) is 5.69 Å². The van der Waals surface area contributed by atoms with Crippen LogP contribution in [0.5, 0.6) is 0 Å². The average Bonchev–Trinajstić information content (AvgIpc) is 3.09. The van der Waals surface area contributed by atoms with Crippen LogP contribution >= 0.6 is 0 Å². The van der Waals surface area contributed by atoms with Crippen LogP contribution in [0.3, 0.4) is 0 Å². The number of carbonyl (C=O) groups is 2. The van der Waals surface area contributed by atoms with Gasteiger partial charge in [-0.25, -0.2) is 0 Å². The van der Waals surface area contributed by atoms with Crippen LogP contribution < -0.4 is 4.90 Å². The van der Waals surface area contributed by atoms with Crippen LogP contribution in [0.25, 0.3) is 0 Å². The number of nitrogens with zero attached hydrogens (tertiary/aromatic N) is 2. The van der Waals surface area contributed by atoms with E-state index >= 15 is 0 Å². The van der Waals surface area contributed by atoms with Gasteiger partial charge in [0.1, 0.15) is 0 Å². The fourth-order valence-electron chi connectivity index (χ4n) is 4.17. The maximum atomic E-state index is 12.7. The zero-order valence-corrected chi connectivity index (χ0v) is 15.9. The van der Waals surface area contributed by atoms with Gasteiger partial charge in [0.15, 0.2) is 5.78 Å². The number of amides is 1. The first-order valence-corrected chi connectivity index (χ1v) is 9.83. The minimum Gasteiger partial charge on any atom is -0.373 e. The third-order valence-corrected chi connectivity index (χ3v) is 5.81. The summed E-state index contributed by atoms with van der Waals surface area (Å²) in [6.07, 6.45) is 3.92. The number of hydrogen-bond donors (Lipinski definition) is 0. The number of hydrogen-bond acceptors (Lipinski definition) is 3. The maximum Gasteiger partial charge on any atom is 0.223 e. The van der Waals surface area contributed by atoms with Gasteiger partial charge >= 0.3 is 0 Å². The van der Waals surface area contributed by atoms with Crippen LogP contribution in [0, 0.1) is 0 Å². The van der Waals surface area contributed by atoms with Crippen molar-refractivity contribution in [1.82, 2.24) is 4.90 Å². The Labute approximate surface area is 160 Å². The van der Waals surface area contributed by atoms with Gasteiger partial charge in [0.05, 0.1) is 0 Å². The Hall–Kier alpha value is -2.62. The molecule has 0 unspecified atom stereocenters. The highest BCUT2D eigenvalue weighted by Gasteiger charge is 2.22. The third-order valence-electron chi connectivity index (χ3n) is 5.81. The van der Waals surface area contributed by atoms with Crippen molar-refractivity contribution >= 4 is 17.4 Å². The zero-order chi connectivity index (χ0) is 18.8. The smallest absolute Gasteiger partial charge is 0.223 e. The molecule has 2 aliphatic rings. The van der Waals surface area contributed by atoms with Crippen molar-refractivity contribution in [2.24, 2.45) is 0 Å². The van der Waals surface area contributed by atoms with E-state index in [1.54, 1.807) is 0 Å². The SMILES string of the molecule is CN1CCN(C(=O)CCC(=O)c2ccc3c(c2)CCC3)Cc2ccccc21. The molecule has 0 radical (unpaired) electrons. The number of rotatable bonds is 4. The molecule has 140 valence electrons. The van der Waals surface area contributed by atoms with E-state index in [1.165, 1.54) is 23.2 Å². The Morgan fingerprint density at radius 1 is 0.926 bits per heavy atom. The summed E-state index contributed by atoms with van der Waals surface area (Å²) in [7, 11) is 2.06. The Morgan fingerprint density at radius 2 is 1.74 bits per heavy atom. The standard InChI is InChI=1S/C23H26N2O2/c1-24-13-14-25(16-20-5-2-3-8-21(20)24)23(27)12-11-22(26)19-10-9-17-6-4-7-18(17)15-19/h2-3,5,8-10,15H,4,6-7,11-14,16H2,1H3. The van der Waals surface area contributed by atoms with Crippen molar-refractivity contribution in [3.05, 3.63) is 64.7 Å². The third kappa shape index (κ3) is 3.75. The highest BCUT2D eigenvalue weighted by molar-refractivity contribution is 5.98. The van der Waals surface area contributed by atoms with Crippen molar-refractivity contribution < 1.29 is 9.59 Å². The van der Waals surface area contributed by atoms with Gasteiger partial charge in [-0.1, -0.05) is 30.3 Å². The van der Waals surface area contributed by atoms with Crippen molar-refractivity contribution in [2.75, 3.05) is 25.0 Å². The van der Waals surface area contributed by atoms with E-state index in [4.69, 9.17) is 0 Å². The normalized spacial score (nSPS) is 15.9. The summed E-state index contributed by atoms with van der Waals surface area (Å²) in [5.74, 6) is 0.139. The van der Waals surface area contributed by atoms with Gasteiger partial charge in [-0.3, -0.25) is 9.59 Å². The topological polar surface area (TPSA) is 40.6 Å². The highest BCUT2D eigenvalue weighted by Crippen LogP contribution is 2.25. The van der Waals surface area contributed by atoms with Gasteiger partial charge < -0.3 is 9.80 Å². The number of carbonyl (C=O) groups excluding carboxylic acids is 2. The van der Waals surface area contributed by atoms with Gasteiger partial charge in [-0.05, 0) is 48.1 Å². The monoisotopic (exact) mass is 362 g/mol. The Morgan fingerprint density at radius 3 is 2.63 bits per heavy atom. The van der Waals surface area contributed by atoms with Crippen LogP contribution in [0.2, 0.25) is 0 Å². The molecule has 0 spiro atoms. The van der Waals surface area contributed by atoms with Gasteiger partial charge in [-0.15, -0.1) is 0 Å². The molecule has 1 heterocycles. The second-order valence-electron chi connectivity index (χ2n) is 7.63. The Bertz CT molecular complexity index is 874. The lowest BCUT2D eigenvalue weighted by Crippen LogP contribution is -2.34. The summed E-state index contributed by atoms with van der Waals surface area (Å²) < 4.78 is 0. The van der Waals surface area contributed by atoms with E-state index in [2.05, 4.69) is 30.1 Å². The van der Waals surface area contributed by atoms with E-state index < -0.39 is 0 Å². The molecule has 0 fully saturated rings. The lowest BCUT2D eigenvalue weighted by molar-refractivity contribution is -0.131. The predicted molar refractivity (Wildman–Crippen MR) is 107 cm³/mol. The number of para-hydroxylation sites is 1. The molecule has 0 aromatic heterocycles. The average molecular weight is 362 g/mol. The molecule has 4 rings (SSSR count). The van der Waals surface area contributed by atoms with Gasteiger partial charge in [0, 0.05) is 50.8 Å². The molecule has 4 nitrogen and oxygen atoms in total. The first kappa shape index (κ1) is 17.8. The van der Waals surface area contributed by atoms with Crippen molar-refractivity contribution in [3.63, 3.8) is 0 Å². The molecular formula is C23H26N2O2. The molecule has 27 heavy (non-hydrogen) atoms. The van der Waals surface area contributed by atoms with Gasteiger partial charge in [0.2, 0.25) is 5.91 Å². The minimum atomic E-state index is 0.0645. The van der Waals surface area contributed by atoms with E-state index in [-0.39, 0.29) is 24.5 Å². The quantitative estimate of drug-likeness (QED) is 0.780. The summed E-state index contributed by atoms with van der Waals surface area (Å²) >= 11 is 0. The summed E-state index contributed by atoms with van der Waals surface area (Å²) in [5, 5.41) is 0. The molecule has 1 aliphatic carbocycles. The molecule has 2 aromatic carbocycles. The van der Waals surface area contributed by atoms with Gasteiger partial charge in [-0.2, -0.15) is 0 Å². The first-order valence-electron chi connectivity index (χ1n) is 9.83. The van der Waals surface area contributed by atoms with Crippen LogP contribution in [-0.4, -0.2) is 36.7 Å². The maximum absolute atomic E-state index is 12.7. The fourth-order valence-corrected chi connectivity index (χ4v) is 4.17.